The molecule has 1 saturated heterocycles. The number of carbonyl (C=O) groups excluding carboxylic acids is 1. The highest BCUT2D eigenvalue weighted by Crippen LogP contribution is 2.23. The molecule has 1 aliphatic heterocycles. The average Bonchev–Trinajstić information content (AvgIpc) is 2.63. The zero-order valence-electron chi connectivity index (χ0n) is 11.4. The van der Waals surface area contributed by atoms with Gasteiger partial charge in [0.05, 0.1) is 11.9 Å². The Hall–Kier alpha value is -1.38. The molecule has 0 aliphatic carbocycles. The van der Waals surface area contributed by atoms with Crippen molar-refractivity contribution in [1.82, 2.24) is 4.98 Å². The molecule has 98 valence electrons. The Bertz CT molecular complexity index is 399. The maximum atomic E-state index is 11.5. The molecule has 2 rings (SSSR count). The van der Waals surface area contributed by atoms with Crippen LogP contribution in [0.25, 0.3) is 0 Å². The van der Waals surface area contributed by atoms with Crippen molar-refractivity contribution in [3.8, 4) is 0 Å². The Labute approximate surface area is 109 Å². The van der Waals surface area contributed by atoms with Gasteiger partial charge in [0.25, 0.3) is 0 Å². The summed E-state index contributed by atoms with van der Waals surface area (Å²) in [6.45, 7) is 5.25. The van der Waals surface area contributed by atoms with Crippen molar-refractivity contribution in [1.29, 1.82) is 0 Å². The van der Waals surface area contributed by atoms with Gasteiger partial charge in [0.15, 0.2) is 5.78 Å². The number of hydrogen-bond donors (Lipinski definition) is 0. The molecule has 0 amide bonds. The van der Waals surface area contributed by atoms with Crippen LogP contribution in [0.15, 0.2) is 18.3 Å². The highest BCUT2D eigenvalue weighted by molar-refractivity contribution is 5.94. The molecule has 3 heteroatoms. The standard InChI is InChI=1S/C15H22N2O/c1-3-15(18)14-9-8-13(11-16-14)17-10-6-4-5-7-12(17)2/h8-9,11-12H,3-7,10H2,1-2H3. The molecular formula is C15H22N2O. The van der Waals surface area contributed by atoms with Crippen molar-refractivity contribution >= 4 is 11.5 Å². The average molecular weight is 246 g/mol. The van der Waals surface area contributed by atoms with Gasteiger partial charge in [-0.3, -0.25) is 9.78 Å². The van der Waals surface area contributed by atoms with Gasteiger partial charge in [0.1, 0.15) is 5.69 Å². The lowest BCUT2D eigenvalue weighted by molar-refractivity contribution is 0.0983. The van der Waals surface area contributed by atoms with Crippen molar-refractivity contribution in [2.45, 2.75) is 52.0 Å². The molecule has 1 aromatic heterocycles. The molecule has 0 bridgehead atoms. The largest absolute Gasteiger partial charge is 0.368 e. The van der Waals surface area contributed by atoms with Gasteiger partial charge in [0.2, 0.25) is 0 Å². The lowest BCUT2D eigenvalue weighted by atomic mass is 10.1. The molecule has 1 fully saturated rings. The fourth-order valence-electron chi connectivity index (χ4n) is 2.56. The Kier molecular flexibility index (Phi) is 4.34. The topological polar surface area (TPSA) is 33.2 Å². The van der Waals surface area contributed by atoms with E-state index in [4.69, 9.17) is 0 Å². The van der Waals surface area contributed by atoms with E-state index in [-0.39, 0.29) is 5.78 Å². The number of ketones is 1. The number of nitrogens with zero attached hydrogens (tertiary/aromatic N) is 2. The molecule has 0 spiro atoms. The van der Waals surface area contributed by atoms with Crippen LogP contribution in [0.4, 0.5) is 5.69 Å². The van der Waals surface area contributed by atoms with E-state index in [0.29, 0.717) is 18.2 Å². The first-order valence-corrected chi connectivity index (χ1v) is 6.98. The fourth-order valence-corrected chi connectivity index (χ4v) is 2.56. The predicted octanol–water partition coefficient (Wildman–Crippen LogP) is 3.44. The zero-order chi connectivity index (χ0) is 13.0. The highest BCUT2D eigenvalue weighted by Gasteiger charge is 2.17. The van der Waals surface area contributed by atoms with Crippen molar-refractivity contribution in [2.75, 3.05) is 11.4 Å². The number of aromatic nitrogens is 1. The zero-order valence-corrected chi connectivity index (χ0v) is 11.4. The fraction of sp³-hybridized carbons (Fsp3) is 0.600. The molecule has 1 unspecified atom stereocenters. The Balaban J connectivity index is 2.15. The minimum absolute atomic E-state index is 0.116. The summed E-state index contributed by atoms with van der Waals surface area (Å²) in [7, 11) is 0. The van der Waals surface area contributed by atoms with Gasteiger partial charge in [-0.1, -0.05) is 19.8 Å². The third-order valence-electron chi connectivity index (χ3n) is 3.74. The second-order valence-corrected chi connectivity index (χ2v) is 5.07. The van der Waals surface area contributed by atoms with Gasteiger partial charge in [-0.15, -0.1) is 0 Å². The minimum Gasteiger partial charge on any atom is -0.368 e. The van der Waals surface area contributed by atoms with Gasteiger partial charge in [-0.25, -0.2) is 0 Å². The van der Waals surface area contributed by atoms with Crippen LogP contribution >= 0.6 is 0 Å². The molecule has 3 nitrogen and oxygen atoms in total. The Morgan fingerprint density at radius 2 is 2.22 bits per heavy atom. The van der Waals surface area contributed by atoms with E-state index in [0.717, 1.165) is 12.2 Å². The van der Waals surface area contributed by atoms with E-state index in [1.807, 2.05) is 25.3 Å². The monoisotopic (exact) mass is 246 g/mol. The second-order valence-electron chi connectivity index (χ2n) is 5.07. The third-order valence-corrected chi connectivity index (χ3v) is 3.74. The lowest BCUT2D eigenvalue weighted by Crippen LogP contribution is -2.32. The normalized spacial score (nSPS) is 20.6. The van der Waals surface area contributed by atoms with E-state index < -0.39 is 0 Å². The van der Waals surface area contributed by atoms with Crippen LogP contribution in [-0.4, -0.2) is 23.4 Å². The lowest BCUT2D eigenvalue weighted by Gasteiger charge is -2.29. The summed E-state index contributed by atoms with van der Waals surface area (Å²) in [4.78, 5) is 18.3. The van der Waals surface area contributed by atoms with Crippen molar-refractivity contribution in [3.05, 3.63) is 24.0 Å². The van der Waals surface area contributed by atoms with Crippen LogP contribution in [-0.2, 0) is 0 Å². The summed E-state index contributed by atoms with van der Waals surface area (Å²) in [5.74, 6) is 0.116. The van der Waals surface area contributed by atoms with Crippen LogP contribution < -0.4 is 4.90 Å². The van der Waals surface area contributed by atoms with Gasteiger partial charge >= 0.3 is 0 Å². The van der Waals surface area contributed by atoms with Gasteiger partial charge in [-0.2, -0.15) is 0 Å². The summed E-state index contributed by atoms with van der Waals surface area (Å²) in [5, 5.41) is 0. The van der Waals surface area contributed by atoms with Crippen molar-refractivity contribution in [3.63, 3.8) is 0 Å². The van der Waals surface area contributed by atoms with Crippen LogP contribution in [0.5, 0.6) is 0 Å². The minimum atomic E-state index is 0.116. The number of anilines is 1. The van der Waals surface area contributed by atoms with Crippen LogP contribution in [0.3, 0.4) is 0 Å². The molecule has 2 heterocycles. The first-order chi connectivity index (χ1) is 8.72. The third kappa shape index (κ3) is 2.89. The second kappa shape index (κ2) is 5.98. The van der Waals surface area contributed by atoms with E-state index in [9.17, 15) is 4.79 Å². The molecule has 1 aliphatic rings. The molecule has 1 atom stereocenters. The first-order valence-electron chi connectivity index (χ1n) is 6.98. The molecule has 0 saturated carbocycles. The summed E-state index contributed by atoms with van der Waals surface area (Å²) >= 11 is 0. The molecule has 0 N–H and O–H groups in total. The van der Waals surface area contributed by atoms with Crippen LogP contribution in [0, 0.1) is 0 Å². The van der Waals surface area contributed by atoms with Crippen LogP contribution in [0.2, 0.25) is 0 Å². The van der Waals surface area contributed by atoms with Crippen molar-refractivity contribution < 1.29 is 4.79 Å². The predicted molar refractivity (Wildman–Crippen MR) is 74.1 cm³/mol. The number of Topliss-reactive ketones (excluding diaryl/α,β-unsaturated/α-hetero) is 1. The number of carbonyl (C=O) groups is 1. The highest BCUT2D eigenvalue weighted by atomic mass is 16.1. The van der Waals surface area contributed by atoms with Gasteiger partial charge in [0, 0.05) is 19.0 Å². The molecule has 1 aromatic rings. The SMILES string of the molecule is CCC(=O)c1ccc(N2CCCCCC2C)cn1. The van der Waals surface area contributed by atoms with Crippen molar-refractivity contribution in [2.24, 2.45) is 0 Å². The Morgan fingerprint density at radius 3 is 2.89 bits per heavy atom. The summed E-state index contributed by atoms with van der Waals surface area (Å²) in [6, 6.07) is 4.47. The smallest absolute Gasteiger partial charge is 0.180 e. The molecule has 0 aromatic carbocycles. The summed E-state index contributed by atoms with van der Waals surface area (Å²) < 4.78 is 0. The van der Waals surface area contributed by atoms with E-state index in [1.165, 1.54) is 25.7 Å². The number of pyridine rings is 1. The quantitative estimate of drug-likeness (QED) is 0.766. The van der Waals surface area contributed by atoms with E-state index in [1.54, 1.807) is 0 Å². The number of rotatable bonds is 3. The maximum absolute atomic E-state index is 11.5. The first kappa shape index (κ1) is 13.1. The Morgan fingerprint density at radius 1 is 1.39 bits per heavy atom. The van der Waals surface area contributed by atoms with Gasteiger partial charge < -0.3 is 4.90 Å². The number of hydrogen-bond acceptors (Lipinski definition) is 3. The van der Waals surface area contributed by atoms with E-state index >= 15 is 0 Å². The molecule has 18 heavy (non-hydrogen) atoms. The maximum Gasteiger partial charge on any atom is 0.180 e. The molecular weight excluding hydrogens is 224 g/mol. The van der Waals surface area contributed by atoms with Gasteiger partial charge in [-0.05, 0) is 31.9 Å². The summed E-state index contributed by atoms with van der Waals surface area (Å²) in [5.41, 5.74) is 1.74. The van der Waals surface area contributed by atoms with Crippen LogP contribution in [0.1, 0.15) is 56.4 Å². The summed E-state index contributed by atoms with van der Waals surface area (Å²) in [6.07, 6.45) is 7.50. The van der Waals surface area contributed by atoms with E-state index in [2.05, 4.69) is 16.8 Å². The molecule has 0 radical (unpaired) electrons.